The minimum absolute atomic E-state index is 0.0956. The summed E-state index contributed by atoms with van der Waals surface area (Å²) < 4.78 is 38.3. The molecule has 0 aliphatic carbocycles. The third-order valence-corrected chi connectivity index (χ3v) is 6.02. The smallest absolute Gasteiger partial charge is 0.294 e. The average molecular weight is 435 g/mol. The molecule has 0 saturated heterocycles. The molecule has 6 heteroatoms. The summed E-state index contributed by atoms with van der Waals surface area (Å²) in [6, 6.07) is 10.8. The van der Waals surface area contributed by atoms with Gasteiger partial charge >= 0.3 is 0 Å². The number of phenols is 1. The van der Waals surface area contributed by atoms with Crippen LogP contribution in [0.1, 0.15) is 76.7 Å². The number of aryl methyl sites for hydroxylation is 1. The average Bonchev–Trinajstić information content (AvgIpc) is 2.69. The van der Waals surface area contributed by atoms with Crippen molar-refractivity contribution < 1.29 is 22.8 Å². The molecule has 0 heterocycles. The number of hydrogen-bond acceptors (Lipinski definition) is 4. The van der Waals surface area contributed by atoms with Crippen molar-refractivity contribution in [2.75, 3.05) is 0 Å². The summed E-state index contributed by atoms with van der Waals surface area (Å²) >= 11 is 0. The highest BCUT2D eigenvalue weighted by atomic mass is 32.2. The molecule has 0 amide bonds. The van der Waals surface area contributed by atoms with Crippen LogP contribution in [-0.2, 0) is 16.5 Å². The second-order valence-corrected chi connectivity index (χ2v) is 9.20. The Kier molecular flexibility index (Phi) is 10.2. The van der Waals surface area contributed by atoms with Gasteiger partial charge in [-0.05, 0) is 48.7 Å². The second-order valence-electron chi connectivity index (χ2n) is 7.78. The number of phenolic OH excluding ortho intramolecular Hbond substituents is 1. The van der Waals surface area contributed by atoms with E-state index in [-0.39, 0.29) is 10.6 Å². The maximum Gasteiger partial charge on any atom is 0.294 e. The van der Waals surface area contributed by atoms with Gasteiger partial charge in [0, 0.05) is 6.07 Å². The second kappa shape index (κ2) is 12.6. The van der Waals surface area contributed by atoms with Gasteiger partial charge in [0.1, 0.15) is 17.2 Å². The van der Waals surface area contributed by atoms with Crippen molar-refractivity contribution in [3.63, 3.8) is 0 Å². The molecule has 2 aromatic rings. The van der Waals surface area contributed by atoms with Crippen LogP contribution in [0, 0.1) is 0 Å². The normalized spacial score (nSPS) is 11.5. The van der Waals surface area contributed by atoms with Gasteiger partial charge in [-0.2, -0.15) is 8.42 Å². The molecule has 0 aliphatic heterocycles. The Hall–Kier alpha value is -2.05. The highest BCUT2D eigenvalue weighted by Crippen LogP contribution is 2.30. The van der Waals surface area contributed by atoms with Crippen LogP contribution < -0.4 is 4.74 Å². The number of hydrogen-bond donors (Lipinski definition) is 2. The SMILES string of the molecule is CCCCCCCCCCCCc1cc(S(=O)(=O)O)ccc1Oc1cccc(O)c1. The third-order valence-electron chi connectivity index (χ3n) is 5.17. The zero-order valence-corrected chi connectivity index (χ0v) is 18.7. The number of rotatable bonds is 14. The van der Waals surface area contributed by atoms with Crippen molar-refractivity contribution in [2.45, 2.75) is 82.4 Å². The minimum Gasteiger partial charge on any atom is -0.508 e. The molecule has 2 aromatic carbocycles. The highest BCUT2D eigenvalue weighted by molar-refractivity contribution is 7.85. The summed E-state index contributed by atoms with van der Waals surface area (Å²) in [5.41, 5.74) is 0.730. The first-order valence-corrected chi connectivity index (χ1v) is 12.4. The maximum atomic E-state index is 11.5. The van der Waals surface area contributed by atoms with Gasteiger partial charge in [-0.3, -0.25) is 4.55 Å². The van der Waals surface area contributed by atoms with Crippen LogP contribution in [0.5, 0.6) is 17.2 Å². The van der Waals surface area contributed by atoms with Crippen molar-refractivity contribution in [3.05, 3.63) is 48.0 Å². The summed E-state index contributed by atoms with van der Waals surface area (Å²) in [7, 11) is -4.27. The lowest BCUT2D eigenvalue weighted by molar-refractivity contribution is 0.451. The molecular weight excluding hydrogens is 400 g/mol. The standard InChI is InChI=1S/C24H34O5S/c1-2-3-4-5-6-7-8-9-10-11-13-20-18-23(30(26,27)28)16-17-24(20)29-22-15-12-14-21(25)19-22/h12,14-19,25H,2-11,13H2,1H3,(H,26,27,28). The van der Waals surface area contributed by atoms with E-state index in [1.54, 1.807) is 24.3 Å². The van der Waals surface area contributed by atoms with Gasteiger partial charge in [-0.25, -0.2) is 0 Å². The fourth-order valence-electron chi connectivity index (χ4n) is 3.49. The molecule has 2 rings (SSSR count). The minimum atomic E-state index is -4.27. The van der Waals surface area contributed by atoms with Crippen molar-refractivity contribution >= 4 is 10.1 Å². The monoisotopic (exact) mass is 434 g/mol. The van der Waals surface area contributed by atoms with E-state index >= 15 is 0 Å². The molecular formula is C24H34O5S. The Balaban J connectivity index is 1.90. The lowest BCUT2D eigenvalue weighted by Crippen LogP contribution is -2.01. The Bertz CT molecular complexity index is 877. The molecule has 0 aliphatic rings. The summed E-state index contributed by atoms with van der Waals surface area (Å²) in [5, 5.41) is 9.62. The highest BCUT2D eigenvalue weighted by Gasteiger charge is 2.14. The molecule has 2 N–H and O–H groups in total. The van der Waals surface area contributed by atoms with Crippen molar-refractivity contribution in [1.29, 1.82) is 0 Å². The summed E-state index contributed by atoms with van der Waals surface area (Å²) in [6.45, 7) is 2.23. The number of benzene rings is 2. The fourth-order valence-corrected chi connectivity index (χ4v) is 4.02. The fraction of sp³-hybridized carbons (Fsp3) is 0.500. The van der Waals surface area contributed by atoms with Gasteiger partial charge < -0.3 is 9.84 Å². The van der Waals surface area contributed by atoms with Crippen LogP contribution in [-0.4, -0.2) is 18.1 Å². The van der Waals surface area contributed by atoms with Crippen LogP contribution in [0.3, 0.4) is 0 Å². The number of ether oxygens (including phenoxy) is 1. The molecule has 0 radical (unpaired) electrons. The van der Waals surface area contributed by atoms with Gasteiger partial charge in [0.25, 0.3) is 10.1 Å². The van der Waals surface area contributed by atoms with E-state index in [1.807, 2.05) is 0 Å². The lowest BCUT2D eigenvalue weighted by Gasteiger charge is -2.13. The van der Waals surface area contributed by atoms with Crippen molar-refractivity contribution in [1.82, 2.24) is 0 Å². The van der Waals surface area contributed by atoms with E-state index < -0.39 is 10.1 Å². The molecule has 0 aromatic heterocycles. The Labute approximate surface area is 180 Å². The lowest BCUT2D eigenvalue weighted by atomic mass is 10.0. The maximum absolute atomic E-state index is 11.5. The van der Waals surface area contributed by atoms with Gasteiger partial charge in [0.2, 0.25) is 0 Å². The molecule has 0 saturated carbocycles. The first-order valence-electron chi connectivity index (χ1n) is 11.0. The van der Waals surface area contributed by atoms with Crippen LogP contribution >= 0.6 is 0 Å². The molecule has 30 heavy (non-hydrogen) atoms. The van der Waals surface area contributed by atoms with Crippen molar-refractivity contribution in [2.24, 2.45) is 0 Å². The molecule has 166 valence electrons. The summed E-state index contributed by atoms with van der Waals surface area (Å²) in [6.07, 6.45) is 12.9. The van der Waals surface area contributed by atoms with Gasteiger partial charge in [0.15, 0.2) is 0 Å². The summed E-state index contributed by atoms with van der Waals surface area (Å²) in [4.78, 5) is -0.132. The molecule has 0 bridgehead atoms. The molecule has 5 nitrogen and oxygen atoms in total. The van der Waals surface area contributed by atoms with Gasteiger partial charge in [-0.1, -0.05) is 70.8 Å². The molecule has 0 atom stereocenters. The quantitative estimate of drug-likeness (QED) is 0.250. The largest absolute Gasteiger partial charge is 0.508 e. The van der Waals surface area contributed by atoms with Crippen LogP contribution in [0.2, 0.25) is 0 Å². The molecule has 0 unspecified atom stereocenters. The zero-order chi connectivity index (χ0) is 21.8. The third kappa shape index (κ3) is 8.76. The summed E-state index contributed by atoms with van der Waals surface area (Å²) in [5.74, 6) is 1.10. The van der Waals surface area contributed by atoms with Crippen LogP contribution in [0.15, 0.2) is 47.4 Å². The molecule has 0 spiro atoms. The first-order chi connectivity index (χ1) is 14.4. The van der Waals surface area contributed by atoms with E-state index in [0.717, 1.165) is 24.8 Å². The number of unbranched alkanes of at least 4 members (excludes halogenated alkanes) is 9. The van der Waals surface area contributed by atoms with Gasteiger partial charge in [-0.15, -0.1) is 0 Å². The van der Waals surface area contributed by atoms with E-state index in [0.29, 0.717) is 17.9 Å². The van der Waals surface area contributed by atoms with Gasteiger partial charge in [0.05, 0.1) is 4.90 Å². The zero-order valence-electron chi connectivity index (χ0n) is 17.8. The van der Waals surface area contributed by atoms with Crippen molar-refractivity contribution in [3.8, 4) is 17.2 Å². The molecule has 0 fully saturated rings. The van der Waals surface area contributed by atoms with E-state index in [2.05, 4.69) is 6.92 Å². The predicted octanol–water partition coefficient (Wildman–Crippen LogP) is 6.89. The predicted molar refractivity (Wildman–Crippen MR) is 120 cm³/mol. The van der Waals surface area contributed by atoms with E-state index in [9.17, 15) is 18.1 Å². The topological polar surface area (TPSA) is 83.8 Å². The van der Waals surface area contributed by atoms with E-state index in [1.165, 1.54) is 63.1 Å². The Morgan fingerprint density at radius 3 is 2.07 bits per heavy atom. The number of aromatic hydroxyl groups is 1. The Morgan fingerprint density at radius 2 is 1.47 bits per heavy atom. The van der Waals surface area contributed by atoms with Crippen LogP contribution in [0.4, 0.5) is 0 Å². The first kappa shape index (κ1) is 24.2. The van der Waals surface area contributed by atoms with E-state index in [4.69, 9.17) is 4.74 Å². The van der Waals surface area contributed by atoms with Crippen LogP contribution in [0.25, 0.3) is 0 Å². The Morgan fingerprint density at radius 1 is 0.833 bits per heavy atom.